The highest BCUT2D eigenvalue weighted by molar-refractivity contribution is 5.94. The molecule has 2 rings (SSSR count). The smallest absolute Gasteiger partial charge is 0.366 e. The van der Waals surface area contributed by atoms with Crippen LogP contribution in [0.2, 0.25) is 0 Å². The third-order valence-corrected chi connectivity index (χ3v) is 3.69. The molecule has 1 aliphatic heterocycles. The average Bonchev–Trinajstić information content (AvgIpc) is 2.40. The number of carbonyl (C=O) groups is 1. The van der Waals surface area contributed by atoms with Gasteiger partial charge in [-0.05, 0) is 24.7 Å². The first-order valence-corrected chi connectivity index (χ1v) is 6.68. The van der Waals surface area contributed by atoms with Gasteiger partial charge in [0.05, 0.1) is 5.56 Å². The Hall–Kier alpha value is -1.60. The average molecular weight is 301 g/mol. The van der Waals surface area contributed by atoms with Crippen molar-refractivity contribution in [3.8, 4) is 0 Å². The maximum Gasteiger partial charge on any atom is 0.416 e. The second-order valence-electron chi connectivity index (χ2n) is 5.31. The standard InChI is InChI=1S/C14H18F3N3O/c1-19-4-6-20(7-5-19)9-10-2-3-11(14(15,16)17)8-12(10)13(18)21/h2-3,8H,4-7,9H2,1H3,(H2,18,21). The van der Waals surface area contributed by atoms with Crippen molar-refractivity contribution in [2.45, 2.75) is 12.7 Å². The number of primary amides is 1. The molecule has 0 radical (unpaired) electrons. The SMILES string of the molecule is CN1CCN(Cc2ccc(C(F)(F)F)cc2C(N)=O)CC1. The lowest BCUT2D eigenvalue weighted by atomic mass is 10.0. The van der Waals surface area contributed by atoms with Gasteiger partial charge in [-0.15, -0.1) is 0 Å². The number of benzene rings is 1. The highest BCUT2D eigenvalue weighted by Gasteiger charge is 2.31. The zero-order valence-electron chi connectivity index (χ0n) is 11.8. The minimum Gasteiger partial charge on any atom is -0.366 e. The number of piperazine rings is 1. The molecule has 116 valence electrons. The largest absolute Gasteiger partial charge is 0.416 e. The summed E-state index contributed by atoms with van der Waals surface area (Å²) in [6, 6.07) is 3.19. The number of likely N-dealkylation sites (N-methyl/N-ethyl adjacent to an activating group) is 1. The summed E-state index contributed by atoms with van der Waals surface area (Å²) in [5, 5.41) is 0. The lowest BCUT2D eigenvalue weighted by molar-refractivity contribution is -0.137. The predicted octanol–water partition coefficient (Wildman–Crippen LogP) is 1.55. The summed E-state index contributed by atoms with van der Waals surface area (Å²) in [6.07, 6.45) is -4.48. The fraction of sp³-hybridized carbons (Fsp3) is 0.500. The molecule has 7 heteroatoms. The molecule has 0 aliphatic carbocycles. The first kappa shape index (κ1) is 15.8. The lowest BCUT2D eigenvalue weighted by Crippen LogP contribution is -2.44. The zero-order chi connectivity index (χ0) is 15.6. The number of amides is 1. The molecule has 4 nitrogen and oxygen atoms in total. The van der Waals surface area contributed by atoms with Gasteiger partial charge in [-0.2, -0.15) is 13.2 Å². The van der Waals surface area contributed by atoms with Crippen molar-refractivity contribution < 1.29 is 18.0 Å². The molecule has 0 saturated carbocycles. The van der Waals surface area contributed by atoms with E-state index in [0.29, 0.717) is 12.1 Å². The second kappa shape index (κ2) is 6.03. The molecule has 1 saturated heterocycles. The maximum atomic E-state index is 12.7. The molecule has 1 aromatic carbocycles. The number of rotatable bonds is 3. The normalized spacial score (nSPS) is 17.9. The van der Waals surface area contributed by atoms with Crippen molar-refractivity contribution in [1.82, 2.24) is 9.80 Å². The molecule has 0 unspecified atom stereocenters. The van der Waals surface area contributed by atoms with Gasteiger partial charge in [-0.1, -0.05) is 6.07 Å². The summed E-state index contributed by atoms with van der Waals surface area (Å²) >= 11 is 0. The first-order valence-electron chi connectivity index (χ1n) is 6.68. The molecule has 1 heterocycles. The van der Waals surface area contributed by atoms with E-state index in [-0.39, 0.29) is 5.56 Å². The van der Waals surface area contributed by atoms with Crippen LogP contribution < -0.4 is 5.73 Å². The fourth-order valence-corrected chi connectivity index (χ4v) is 2.37. The van der Waals surface area contributed by atoms with E-state index in [2.05, 4.69) is 9.80 Å². The molecule has 0 bridgehead atoms. The molecular weight excluding hydrogens is 283 g/mol. The molecule has 0 spiro atoms. The lowest BCUT2D eigenvalue weighted by Gasteiger charge is -2.32. The van der Waals surface area contributed by atoms with Crippen LogP contribution in [0.25, 0.3) is 0 Å². The minimum atomic E-state index is -4.48. The van der Waals surface area contributed by atoms with E-state index in [0.717, 1.165) is 38.3 Å². The summed E-state index contributed by atoms with van der Waals surface area (Å²) in [5.74, 6) is -0.828. The van der Waals surface area contributed by atoms with Crippen molar-refractivity contribution in [3.05, 3.63) is 34.9 Å². The molecule has 0 atom stereocenters. The van der Waals surface area contributed by atoms with Crippen LogP contribution in [-0.4, -0.2) is 48.9 Å². The van der Waals surface area contributed by atoms with Crippen LogP contribution in [0.3, 0.4) is 0 Å². The number of halogens is 3. The minimum absolute atomic E-state index is 0.0521. The molecule has 2 N–H and O–H groups in total. The quantitative estimate of drug-likeness (QED) is 0.921. The first-order chi connectivity index (χ1) is 9.77. The van der Waals surface area contributed by atoms with Gasteiger partial charge >= 0.3 is 6.18 Å². The monoisotopic (exact) mass is 301 g/mol. The number of hydrogen-bond donors (Lipinski definition) is 1. The number of nitrogens with two attached hydrogens (primary N) is 1. The van der Waals surface area contributed by atoms with Gasteiger partial charge < -0.3 is 10.6 Å². The van der Waals surface area contributed by atoms with E-state index in [4.69, 9.17) is 5.73 Å². The van der Waals surface area contributed by atoms with Gasteiger partial charge in [-0.3, -0.25) is 9.69 Å². The molecule has 1 aromatic rings. The van der Waals surface area contributed by atoms with Crippen LogP contribution >= 0.6 is 0 Å². The zero-order valence-corrected chi connectivity index (χ0v) is 11.8. The van der Waals surface area contributed by atoms with Crippen LogP contribution in [0.5, 0.6) is 0 Å². The fourth-order valence-electron chi connectivity index (χ4n) is 2.37. The molecule has 0 aromatic heterocycles. The Kier molecular flexibility index (Phi) is 4.53. The Balaban J connectivity index is 2.21. The van der Waals surface area contributed by atoms with Crippen molar-refractivity contribution in [2.24, 2.45) is 5.73 Å². The highest BCUT2D eigenvalue weighted by atomic mass is 19.4. The Morgan fingerprint density at radius 2 is 1.86 bits per heavy atom. The summed E-state index contributed by atoms with van der Waals surface area (Å²) in [7, 11) is 2.02. The number of carbonyl (C=O) groups excluding carboxylic acids is 1. The maximum absolute atomic E-state index is 12.7. The molecular formula is C14H18F3N3O. The molecule has 1 aliphatic rings. The van der Waals surface area contributed by atoms with Crippen molar-refractivity contribution in [1.29, 1.82) is 0 Å². The van der Waals surface area contributed by atoms with E-state index in [1.54, 1.807) is 0 Å². The summed E-state index contributed by atoms with van der Waals surface area (Å²) in [5.41, 5.74) is 4.86. The summed E-state index contributed by atoms with van der Waals surface area (Å²) in [6.45, 7) is 3.86. The Labute approximate surface area is 121 Å². The topological polar surface area (TPSA) is 49.6 Å². The van der Waals surface area contributed by atoms with Crippen molar-refractivity contribution in [2.75, 3.05) is 33.2 Å². The van der Waals surface area contributed by atoms with Gasteiger partial charge in [0.2, 0.25) is 5.91 Å². The van der Waals surface area contributed by atoms with Gasteiger partial charge in [0.15, 0.2) is 0 Å². The number of hydrogen-bond acceptors (Lipinski definition) is 3. The number of nitrogens with zero attached hydrogens (tertiary/aromatic N) is 2. The Morgan fingerprint density at radius 1 is 1.24 bits per heavy atom. The van der Waals surface area contributed by atoms with E-state index < -0.39 is 17.6 Å². The van der Waals surface area contributed by atoms with Gasteiger partial charge in [0, 0.05) is 38.3 Å². The molecule has 1 amide bonds. The Bertz CT molecular complexity index is 523. The molecule has 21 heavy (non-hydrogen) atoms. The van der Waals surface area contributed by atoms with Gasteiger partial charge in [-0.25, -0.2) is 0 Å². The molecule has 1 fully saturated rings. The van der Waals surface area contributed by atoms with E-state index >= 15 is 0 Å². The van der Waals surface area contributed by atoms with Crippen LogP contribution in [0.15, 0.2) is 18.2 Å². The summed E-state index contributed by atoms with van der Waals surface area (Å²) in [4.78, 5) is 15.7. The van der Waals surface area contributed by atoms with Crippen LogP contribution in [0, 0.1) is 0 Å². The van der Waals surface area contributed by atoms with Crippen LogP contribution in [-0.2, 0) is 12.7 Å². The van der Waals surface area contributed by atoms with Crippen molar-refractivity contribution in [3.63, 3.8) is 0 Å². The highest BCUT2D eigenvalue weighted by Crippen LogP contribution is 2.30. The third-order valence-electron chi connectivity index (χ3n) is 3.69. The third kappa shape index (κ3) is 3.95. The number of alkyl halides is 3. The van der Waals surface area contributed by atoms with Crippen LogP contribution in [0.4, 0.5) is 13.2 Å². The second-order valence-corrected chi connectivity index (χ2v) is 5.31. The van der Waals surface area contributed by atoms with Gasteiger partial charge in [0.25, 0.3) is 0 Å². The van der Waals surface area contributed by atoms with E-state index in [9.17, 15) is 18.0 Å². The van der Waals surface area contributed by atoms with Crippen LogP contribution in [0.1, 0.15) is 21.5 Å². The predicted molar refractivity (Wildman–Crippen MR) is 72.7 cm³/mol. The van der Waals surface area contributed by atoms with E-state index in [1.807, 2.05) is 7.05 Å². The van der Waals surface area contributed by atoms with Gasteiger partial charge in [0.1, 0.15) is 0 Å². The Morgan fingerprint density at radius 3 is 2.38 bits per heavy atom. The van der Waals surface area contributed by atoms with Crippen molar-refractivity contribution >= 4 is 5.91 Å². The van der Waals surface area contributed by atoms with E-state index in [1.165, 1.54) is 6.07 Å². The summed E-state index contributed by atoms with van der Waals surface area (Å²) < 4.78 is 38.1.